The van der Waals surface area contributed by atoms with Crippen molar-refractivity contribution in [1.29, 1.82) is 0 Å². The van der Waals surface area contributed by atoms with Crippen molar-refractivity contribution in [1.82, 2.24) is 0 Å². The Labute approximate surface area is 144 Å². The summed E-state index contributed by atoms with van der Waals surface area (Å²) in [7, 11) is 0. The van der Waals surface area contributed by atoms with Gasteiger partial charge in [0.2, 0.25) is 0 Å². The number of epoxide rings is 1. The van der Waals surface area contributed by atoms with Gasteiger partial charge in [0.1, 0.15) is 11.7 Å². The largest absolute Gasteiger partial charge is 0.389 e. The van der Waals surface area contributed by atoms with Gasteiger partial charge in [0, 0.05) is 11.0 Å². The molecule has 1 heterocycles. The first-order valence-electron chi connectivity index (χ1n) is 9.03. The summed E-state index contributed by atoms with van der Waals surface area (Å²) in [6.07, 6.45) is 5.82. The Morgan fingerprint density at radius 1 is 1.25 bits per heavy atom. The van der Waals surface area contributed by atoms with Crippen LogP contribution in [0.1, 0.15) is 60.3 Å². The van der Waals surface area contributed by atoms with E-state index in [0.29, 0.717) is 5.57 Å². The SMILES string of the molecule is C/C1=C\CC[C@]2(C)O[C@@H]2C(=O)C2=C[C@@H](O)[C@@H](C)[C@](C)(CC1)[C@@]2(C)O. The van der Waals surface area contributed by atoms with Crippen LogP contribution in [0.5, 0.6) is 0 Å². The molecule has 2 N–H and O–H groups in total. The summed E-state index contributed by atoms with van der Waals surface area (Å²) < 4.78 is 5.73. The number of carbonyl (C=O) groups is 1. The Bertz CT molecular complexity index is 617. The predicted octanol–water partition coefficient (Wildman–Crippen LogP) is 2.93. The highest BCUT2D eigenvalue weighted by atomic mass is 16.6. The molecule has 24 heavy (non-hydrogen) atoms. The molecule has 0 spiro atoms. The van der Waals surface area contributed by atoms with Crippen LogP contribution in [0.3, 0.4) is 0 Å². The molecule has 3 rings (SSSR count). The molecule has 0 amide bonds. The van der Waals surface area contributed by atoms with E-state index in [4.69, 9.17) is 4.74 Å². The molecular formula is C20H30O4. The second-order valence-electron chi connectivity index (χ2n) is 8.61. The topological polar surface area (TPSA) is 70.1 Å². The number of hydrogen-bond acceptors (Lipinski definition) is 4. The number of hydrogen-bond donors (Lipinski definition) is 2. The molecule has 0 aromatic heterocycles. The maximum Gasteiger partial charge on any atom is 0.193 e. The number of ketones is 1. The van der Waals surface area contributed by atoms with Gasteiger partial charge < -0.3 is 14.9 Å². The van der Waals surface area contributed by atoms with Crippen molar-refractivity contribution in [2.75, 3.05) is 0 Å². The highest BCUT2D eigenvalue weighted by Gasteiger charge is 2.62. The molecule has 0 aromatic rings. The van der Waals surface area contributed by atoms with E-state index >= 15 is 0 Å². The zero-order valence-electron chi connectivity index (χ0n) is 15.4. The van der Waals surface area contributed by atoms with Crippen molar-refractivity contribution in [3.63, 3.8) is 0 Å². The van der Waals surface area contributed by atoms with Crippen molar-refractivity contribution in [2.24, 2.45) is 11.3 Å². The van der Waals surface area contributed by atoms with Gasteiger partial charge in [0.25, 0.3) is 0 Å². The van der Waals surface area contributed by atoms with Gasteiger partial charge in [-0.15, -0.1) is 0 Å². The Morgan fingerprint density at radius 2 is 1.92 bits per heavy atom. The van der Waals surface area contributed by atoms with Gasteiger partial charge in [-0.3, -0.25) is 4.79 Å². The van der Waals surface area contributed by atoms with Gasteiger partial charge in [0.15, 0.2) is 5.78 Å². The van der Waals surface area contributed by atoms with Gasteiger partial charge in [0.05, 0.1) is 11.7 Å². The molecule has 6 atom stereocenters. The Morgan fingerprint density at radius 3 is 2.58 bits per heavy atom. The van der Waals surface area contributed by atoms with Crippen LogP contribution in [0.25, 0.3) is 0 Å². The van der Waals surface area contributed by atoms with E-state index in [1.807, 2.05) is 20.8 Å². The van der Waals surface area contributed by atoms with Crippen molar-refractivity contribution in [3.05, 3.63) is 23.3 Å². The Kier molecular flexibility index (Phi) is 4.10. The minimum atomic E-state index is -1.28. The highest BCUT2D eigenvalue weighted by molar-refractivity contribution is 6.03. The summed E-state index contributed by atoms with van der Waals surface area (Å²) in [5, 5.41) is 21.9. The van der Waals surface area contributed by atoms with Crippen LogP contribution in [0.4, 0.5) is 0 Å². The lowest BCUT2D eigenvalue weighted by atomic mass is 9.55. The maximum atomic E-state index is 13.0. The zero-order valence-corrected chi connectivity index (χ0v) is 15.4. The van der Waals surface area contributed by atoms with Crippen LogP contribution in [-0.2, 0) is 9.53 Å². The van der Waals surface area contributed by atoms with Gasteiger partial charge >= 0.3 is 0 Å². The minimum Gasteiger partial charge on any atom is -0.389 e. The molecular weight excluding hydrogens is 304 g/mol. The number of allylic oxidation sites excluding steroid dienone is 2. The van der Waals surface area contributed by atoms with Crippen molar-refractivity contribution in [3.8, 4) is 0 Å². The Hall–Kier alpha value is -0.970. The fourth-order valence-corrected chi connectivity index (χ4v) is 4.46. The summed E-state index contributed by atoms with van der Waals surface area (Å²) in [5.74, 6) is -0.299. The third-order valence-electron chi connectivity index (χ3n) is 7.05. The number of aliphatic hydroxyl groups excluding tert-OH is 1. The lowest BCUT2D eigenvalue weighted by Gasteiger charge is -2.52. The lowest BCUT2D eigenvalue weighted by molar-refractivity contribution is -0.131. The number of carbonyl (C=O) groups excluding carboxylic acids is 1. The molecule has 2 bridgehead atoms. The Balaban J connectivity index is 2.08. The van der Waals surface area contributed by atoms with Gasteiger partial charge in [-0.2, -0.15) is 0 Å². The first kappa shape index (κ1) is 17.8. The standard InChI is InChI=1S/C20H30O4/c1-12-7-6-9-19(4)17(24-19)16(22)14-11-15(21)13(2)18(3,10-8-12)20(14,5)23/h7,11,13,15,17,21,23H,6,8-10H2,1-5H3/b12-7+/t13-,15-,17-,18+,19+,20+/m1/s1. The van der Waals surface area contributed by atoms with Crippen LogP contribution >= 0.6 is 0 Å². The molecule has 0 unspecified atom stereocenters. The lowest BCUT2D eigenvalue weighted by Crippen LogP contribution is -2.57. The van der Waals surface area contributed by atoms with E-state index < -0.39 is 28.8 Å². The summed E-state index contributed by atoms with van der Waals surface area (Å²) >= 11 is 0. The van der Waals surface area contributed by atoms with E-state index in [1.54, 1.807) is 13.0 Å². The number of Topliss-reactive ketones (excluding diaryl/α,β-unsaturated/α-hetero) is 1. The van der Waals surface area contributed by atoms with Crippen LogP contribution in [0, 0.1) is 11.3 Å². The van der Waals surface area contributed by atoms with Gasteiger partial charge in [-0.25, -0.2) is 0 Å². The van der Waals surface area contributed by atoms with E-state index in [9.17, 15) is 15.0 Å². The quantitative estimate of drug-likeness (QED) is 0.528. The monoisotopic (exact) mass is 334 g/mol. The smallest absolute Gasteiger partial charge is 0.193 e. The molecule has 4 heteroatoms. The van der Waals surface area contributed by atoms with Crippen molar-refractivity contribution < 1.29 is 19.7 Å². The molecule has 1 fully saturated rings. The van der Waals surface area contributed by atoms with Gasteiger partial charge in [-0.05, 0) is 58.4 Å². The zero-order chi connectivity index (χ0) is 17.9. The van der Waals surface area contributed by atoms with Crippen molar-refractivity contribution >= 4 is 5.78 Å². The molecule has 3 aliphatic rings. The number of ether oxygens (including phenoxy) is 1. The van der Waals surface area contributed by atoms with E-state index in [2.05, 4.69) is 13.0 Å². The fourth-order valence-electron chi connectivity index (χ4n) is 4.46. The van der Waals surface area contributed by atoms with E-state index in [-0.39, 0.29) is 11.7 Å². The summed E-state index contributed by atoms with van der Waals surface area (Å²) in [4.78, 5) is 13.0. The fraction of sp³-hybridized carbons (Fsp3) is 0.750. The molecule has 4 nitrogen and oxygen atoms in total. The first-order valence-corrected chi connectivity index (χ1v) is 9.03. The normalized spacial score (nSPS) is 51.5. The molecule has 0 radical (unpaired) electrons. The third-order valence-corrected chi connectivity index (χ3v) is 7.05. The van der Waals surface area contributed by atoms with E-state index in [1.165, 1.54) is 5.57 Å². The predicted molar refractivity (Wildman–Crippen MR) is 92.5 cm³/mol. The molecule has 0 aromatic carbocycles. The van der Waals surface area contributed by atoms with Crippen molar-refractivity contribution in [2.45, 2.75) is 83.7 Å². The first-order chi connectivity index (χ1) is 11.0. The third kappa shape index (κ3) is 2.51. The molecule has 0 saturated carbocycles. The number of fused-ring (bicyclic) bond motifs is 3. The summed E-state index contributed by atoms with van der Waals surface area (Å²) in [6, 6.07) is 0. The highest BCUT2D eigenvalue weighted by Crippen LogP contribution is 2.54. The average Bonchev–Trinajstić information content (AvgIpc) is 3.18. The second kappa shape index (κ2) is 5.52. The van der Waals surface area contributed by atoms with Crippen LogP contribution in [0.15, 0.2) is 23.3 Å². The summed E-state index contributed by atoms with van der Waals surface area (Å²) in [6.45, 7) is 9.75. The van der Waals surface area contributed by atoms with E-state index in [0.717, 1.165) is 25.7 Å². The van der Waals surface area contributed by atoms with Gasteiger partial charge in [-0.1, -0.05) is 25.5 Å². The number of aliphatic hydroxyl groups is 2. The molecule has 1 saturated heterocycles. The summed E-state index contributed by atoms with van der Waals surface area (Å²) in [5.41, 5.74) is -0.695. The second-order valence-corrected chi connectivity index (χ2v) is 8.61. The van der Waals surface area contributed by atoms with Crippen LogP contribution in [-0.4, -0.2) is 39.4 Å². The van der Waals surface area contributed by atoms with Crippen LogP contribution < -0.4 is 0 Å². The average molecular weight is 334 g/mol. The number of rotatable bonds is 0. The van der Waals surface area contributed by atoms with Crippen LogP contribution in [0.2, 0.25) is 0 Å². The maximum absolute atomic E-state index is 13.0. The molecule has 134 valence electrons. The minimum absolute atomic E-state index is 0.133. The molecule has 1 aliphatic heterocycles. The molecule has 2 aliphatic carbocycles.